The van der Waals surface area contributed by atoms with Gasteiger partial charge in [0.05, 0.1) is 5.56 Å². The van der Waals surface area contributed by atoms with Gasteiger partial charge in [0.1, 0.15) is 0 Å². The Morgan fingerprint density at radius 3 is 1.96 bits per heavy atom. The molecule has 2 nitrogen and oxygen atoms in total. The van der Waals surface area contributed by atoms with Gasteiger partial charge in [0.15, 0.2) is 0 Å². The lowest BCUT2D eigenvalue weighted by Gasteiger charge is -2.12. The monoisotopic (exact) mass is 330 g/mol. The van der Waals surface area contributed by atoms with E-state index in [9.17, 15) is 18.0 Å². The predicted octanol–water partition coefficient (Wildman–Crippen LogP) is 5.84. The van der Waals surface area contributed by atoms with Crippen molar-refractivity contribution in [2.75, 3.05) is 0 Å². The summed E-state index contributed by atoms with van der Waals surface area (Å²) in [6.07, 6.45) is 3.98. The molecule has 0 bridgehead atoms. The normalized spacial score (nSPS) is 11.6. The first-order chi connectivity index (χ1) is 10.9. The first-order valence-electron chi connectivity index (χ1n) is 8.28. The van der Waals surface area contributed by atoms with Crippen LogP contribution in [0.25, 0.3) is 0 Å². The Morgan fingerprint density at radius 1 is 0.870 bits per heavy atom. The maximum absolute atomic E-state index is 12.8. The van der Waals surface area contributed by atoms with Gasteiger partial charge in [0.2, 0.25) is 0 Å². The highest BCUT2D eigenvalue weighted by atomic mass is 19.4. The average molecular weight is 330 g/mol. The van der Waals surface area contributed by atoms with E-state index in [4.69, 9.17) is 5.11 Å². The van der Waals surface area contributed by atoms with Crippen molar-refractivity contribution in [1.82, 2.24) is 0 Å². The molecule has 1 rings (SSSR count). The molecular weight excluding hydrogens is 305 g/mol. The molecule has 130 valence electrons. The average Bonchev–Trinajstić information content (AvgIpc) is 2.48. The van der Waals surface area contributed by atoms with Gasteiger partial charge in [0.25, 0.3) is 0 Å². The molecule has 0 heterocycles. The Bertz CT molecular complexity index is 470. The van der Waals surface area contributed by atoms with Crippen molar-refractivity contribution < 1.29 is 23.1 Å². The molecule has 0 saturated heterocycles. The van der Waals surface area contributed by atoms with Gasteiger partial charge in [0, 0.05) is 6.42 Å². The quantitative estimate of drug-likeness (QED) is 0.517. The number of alkyl halides is 3. The molecule has 0 aliphatic rings. The summed E-state index contributed by atoms with van der Waals surface area (Å²) in [6, 6.07) is 5.79. The Kier molecular flexibility index (Phi) is 8.74. The Balaban J connectivity index is 2.11. The summed E-state index contributed by atoms with van der Waals surface area (Å²) in [5, 5.41) is 8.51. The molecule has 23 heavy (non-hydrogen) atoms. The van der Waals surface area contributed by atoms with Crippen LogP contribution in [0.15, 0.2) is 24.3 Å². The number of carboxylic acids is 1. The molecule has 1 aromatic rings. The molecule has 1 aromatic carbocycles. The lowest BCUT2D eigenvalue weighted by atomic mass is 10.00. The van der Waals surface area contributed by atoms with E-state index < -0.39 is 17.7 Å². The van der Waals surface area contributed by atoms with Crippen molar-refractivity contribution in [3.05, 3.63) is 35.4 Å². The number of carboxylic acid groups (broad SMARTS) is 1. The van der Waals surface area contributed by atoms with Crippen LogP contribution in [-0.4, -0.2) is 11.1 Å². The second-order valence-electron chi connectivity index (χ2n) is 5.88. The molecule has 0 amide bonds. The first kappa shape index (κ1) is 19.5. The number of carbonyl (C=O) groups is 1. The fraction of sp³-hybridized carbons (Fsp3) is 0.611. The van der Waals surface area contributed by atoms with Crippen molar-refractivity contribution in [1.29, 1.82) is 0 Å². The van der Waals surface area contributed by atoms with Gasteiger partial charge in [-0.2, -0.15) is 13.2 Å². The summed E-state index contributed by atoms with van der Waals surface area (Å²) in [4.78, 5) is 10.3. The van der Waals surface area contributed by atoms with Crippen molar-refractivity contribution in [2.45, 2.75) is 70.4 Å². The first-order valence-corrected chi connectivity index (χ1v) is 8.28. The van der Waals surface area contributed by atoms with E-state index in [1.165, 1.54) is 6.07 Å². The van der Waals surface area contributed by atoms with Crippen LogP contribution >= 0.6 is 0 Å². The van der Waals surface area contributed by atoms with Gasteiger partial charge in [-0.05, 0) is 30.9 Å². The molecule has 0 aromatic heterocycles. The van der Waals surface area contributed by atoms with Gasteiger partial charge in [-0.1, -0.05) is 56.7 Å². The van der Waals surface area contributed by atoms with Gasteiger partial charge in [-0.25, -0.2) is 0 Å². The molecule has 0 aliphatic carbocycles. The number of aliphatic carboxylic acids is 1. The topological polar surface area (TPSA) is 37.3 Å². The number of unbranched alkanes of at least 4 members (excludes halogenated alkanes) is 7. The van der Waals surface area contributed by atoms with Crippen LogP contribution < -0.4 is 0 Å². The van der Waals surface area contributed by atoms with Crippen LogP contribution in [0.3, 0.4) is 0 Å². The second kappa shape index (κ2) is 10.3. The molecule has 0 fully saturated rings. The largest absolute Gasteiger partial charge is 0.481 e. The number of hydrogen-bond acceptors (Lipinski definition) is 1. The fourth-order valence-electron chi connectivity index (χ4n) is 2.67. The van der Waals surface area contributed by atoms with Crippen LogP contribution in [-0.2, 0) is 17.4 Å². The summed E-state index contributed by atoms with van der Waals surface area (Å²) in [5.74, 6) is -0.746. The number of halogens is 3. The van der Waals surface area contributed by atoms with Crippen molar-refractivity contribution in [2.24, 2.45) is 0 Å². The third-order valence-corrected chi connectivity index (χ3v) is 3.91. The predicted molar refractivity (Wildman–Crippen MR) is 84.3 cm³/mol. The SMILES string of the molecule is O=C(O)CCCCCCCCCCc1ccccc1C(F)(F)F. The molecule has 0 radical (unpaired) electrons. The molecule has 0 unspecified atom stereocenters. The minimum Gasteiger partial charge on any atom is -0.481 e. The Labute approximate surface area is 135 Å². The van der Waals surface area contributed by atoms with E-state index in [0.717, 1.165) is 57.4 Å². The van der Waals surface area contributed by atoms with Gasteiger partial charge in [-0.3, -0.25) is 4.79 Å². The van der Waals surface area contributed by atoms with Crippen LogP contribution in [0.1, 0.15) is 68.9 Å². The zero-order valence-corrected chi connectivity index (χ0v) is 13.4. The van der Waals surface area contributed by atoms with Gasteiger partial charge >= 0.3 is 12.1 Å². The van der Waals surface area contributed by atoms with E-state index in [2.05, 4.69) is 0 Å². The number of rotatable bonds is 11. The minimum absolute atomic E-state index is 0.235. The van der Waals surface area contributed by atoms with E-state index in [1.807, 2.05) is 0 Å². The third-order valence-electron chi connectivity index (χ3n) is 3.91. The Morgan fingerprint density at radius 2 is 1.39 bits per heavy atom. The minimum atomic E-state index is -4.27. The van der Waals surface area contributed by atoms with Crippen molar-refractivity contribution in [3.63, 3.8) is 0 Å². The number of benzene rings is 1. The van der Waals surface area contributed by atoms with Crippen molar-refractivity contribution in [3.8, 4) is 0 Å². The van der Waals surface area contributed by atoms with Crippen molar-refractivity contribution >= 4 is 5.97 Å². The lowest BCUT2D eigenvalue weighted by molar-refractivity contribution is -0.138. The van der Waals surface area contributed by atoms with Gasteiger partial charge < -0.3 is 5.11 Å². The number of aryl methyl sites for hydroxylation is 1. The maximum atomic E-state index is 12.8. The second-order valence-corrected chi connectivity index (χ2v) is 5.88. The summed E-state index contributed by atoms with van der Waals surface area (Å²) in [6.45, 7) is 0. The highest BCUT2D eigenvalue weighted by Crippen LogP contribution is 2.32. The molecule has 1 N–H and O–H groups in total. The maximum Gasteiger partial charge on any atom is 0.416 e. The smallest absolute Gasteiger partial charge is 0.416 e. The highest BCUT2D eigenvalue weighted by molar-refractivity contribution is 5.66. The molecule has 0 spiro atoms. The summed E-state index contributed by atoms with van der Waals surface area (Å²) in [7, 11) is 0. The van der Waals surface area contributed by atoms with Crippen LogP contribution in [0.4, 0.5) is 13.2 Å². The van der Waals surface area contributed by atoms with Crippen LogP contribution in [0.5, 0.6) is 0 Å². The zero-order valence-electron chi connectivity index (χ0n) is 13.4. The zero-order chi connectivity index (χ0) is 17.1. The van der Waals surface area contributed by atoms with Crippen LogP contribution in [0, 0.1) is 0 Å². The van der Waals surface area contributed by atoms with E-state index in [1.54, 1.807) is 12.1 Å². The molecular formula is C18H25F3O2. The standard InChI is InChI=1S/C18H25F3O2/c19-18(20,21)16-13-10-9-12-15(16)11-7-5-3-1-2-4-6-8-14-17(22)23/h9-10,12-13H,1-8,11,14H2,(H,22,23). The molecule has 0 atom stereocenters. The Hall–Kier alpha value is -1.52. The van der Waals surface area contributed by atoms with E-state index in [0.29, 0.717) is 12.0 Å². The van der Waals surface area contributed by atoms with Gasteiger partial charge in [-0.15, -0.1) is 0 Å². The molecule has 0 saturated carbocycles. The fourth-order valence-corrected chi connectivity index (χ4v) is 2.67. The van der Waals surface area contributed by atoms with E-state index in [-0.39, 0.29) is 6.42 Å². The summed E-state index contributed by atoms with van der Waals surface area (Å²) < 4.78 is 38.5. The molecule has 0 aliphatic heterocycles. The van der Waals surface area contributed by atoms with Crippen LogP contribution in [0.2, 0.25) is 0 Å². The third kappa shape index (κ3) is 8.62. The lowest BCUT2D eigenvalue weighted by Crippen LogP contribution is -2.08. The number of hydrogen-bond donors (Lipinski definition) is 1. The summed E-state index contributed by atoms with van der Waals surface area (Å²) in [5.41, 5.74) is -0.132. The van der Waals surface area contributed by atoms with E-state index >= 15 is 0 Å². The summed E-state index contributed by atoms with van der Waals surface area (Å²) >= 11 is 0. The molecule has 5 heteroatoms. The highest BCUT2D eigenvalue weighted by Gasteiger charge is 2.32.